The molecular formula is C37H38O6. The standard InChI is InChI=1S/C37H38O6/c1-24(36(38)26-11-7-5-8-12-26)42-32-19-17-30(22-34(32)40-3)28-15-16-29(21-28)31-18-20-33(35(23-31)41-4)43-25(2)37(39)27-13-9-6-10-14-27/h5-14,17-20,22-25,28-29H,15-16,21H2,1-4H3/t24-,25-,28-,29+/m1/s1. The van der Waals surface area contributed by atoms with Crippen LogP contribution >= 0.6 is 0 Å². The molecule has 1 aliphatic carbocycles. The van der Waals surface area contributed by atoms with Crippen molar-refractivity contribution in [3.8, 4) is 23.0 Å². The van der Waals surface area contributed by atoms with Gasteiger partial charge in [-0.3, -0.25) is 9.59 Å². The summed E-state index contributed by atoms with van der Waals surface area (Å²) in [5.74, 6) is 2.93. The Hall–Kier alpha value is -4.58. The summed E-state index contributed by atoms with van der Waals surface area (Å²) in [7, 11) is 3.24. The summed E-state index contributed by atoms with van der Waals surface area (Å²) in [4.78, 5) is 25.6. The fraction of sp³-hybridized carbons (Fsp3) is 0.297. The number of hydrogen-bond donors (Lipinski definition) is 0. The third-order valence-corrected chi connectivity index (χ3v) is 8.21. The molecule has 4 atom stereocenters. The molecule has 4 aromatic rings. The highest BCUT2D eigenvalue weighted by Crippen LogP contribution is 2.46. The molecule has 0 bridgehead atoms. The fourth-order valence-corrected chi connectivity index (χ4v) is 5.82. The lowest BCUT2D eigenvalue weighted by molar-refractivity contribution is 0.0809. The summed E-state index contributed by atoms with van der Waals surface area (Å²) in [6, 6.07) is 30.4. The van der Waals surface area contributed by atoms with Gasteiger partial charge in [0.05, 0.1) is 14.2 Å². The number of ketones is 2. The monoisotopic (exact) mass is 578 g/mol. The topological polar surface area (TPSA) is 71.1 Å². The molecule has 0 unspecified atom stereocenters. The van der Waals surface area contributed by atoms with Crippen LogP contribution in [0.4, 0.5) is 0 Å². The van der Waals surface area contributed by atoms with Crippen LogP contribution in [0.25, 0.3) is 0 Å². The average Bonchev–Trinajstić information content (AvgIpc) is 3.55. The van der Waals surface area contributed by atoms with E-state index >= 15 is 0 Å². The lowest BCUT2D eigenvalue weighted by atomic mass is 9.92. The normalized spacial score (nSPS) is 17.5. The highest BCUT2D eigenvalue weighted by Gasteiger charge is 2.29. The minimum Gasteiger partial charge on any atom is -0.493 e. The second kappa shape index (κ2) is 13.6. The molecular weight excluding hydrogens is 540 g/mol. The van der Waals surface area contributed by atoms with Gasteiger partial charge in [-0.2, -0.15) is 0 Å². The molecule has 1 saturated carbocycles. The molecule has 0 spiro atoms. The third-order valence-electron chi connectivity index (χ3n) is 8.21. The van der Waals surface area contributed by atoms with Crippen molar-refractivity contribution in [3.05, 3.63) is 119 Å². The smallest absolute Gasteiger partial charge is 0.202 e. The van der Waals surface area contributed by atoms with Gasteiger partial charge in [0.2, 0.25) is 11.6 Å². The Labute approximate surface area is 253 Å². The largest absolute Gasteiger partial charge is 0.493 e. The number of rotatable bonds is 12. The molecule has 6 nitrogen and oxygen atoms in total. The first-order valence-electron chi connectivity index (χ1n) is 14.8. The van der Waals surface area contributed by atoms with E-state index in [1.165, 1.54) is 11.1 Å². The Kier molecular flexibility index (Phi) is 9.45. The molecule has 0 heterocycles. The van der Waals surface area contributed by atoms with Crippen LogP contribution in [0.15, 0.2) is 97.1 Å². The van der Waals surface area contributed by atoms with Gasteiger partial charge in [-0.25, -0.2) is 0 Å². The van der Waals surface area contributed by atoms with E-state index in [1.54, 1.807) is 52.3 Å². The first-order valence-corrected chi connectivity index (χ1v) is 14.8. The number of ether oxygens (including phenoxy) is 4. The molecule has 0 radical (unpaired) electrons. The van der Waals surface area contributed by atoms with E-state index in [1.807, 2.05) is 60.7 Å². The van der Waals surface area contributed by atoms with Gasteiger partial charge in [0.25, 0.3) is 0 Å². The van der Waals surface area contributed by atoms with Crippen molar-refractivity contribution in [1.29, 1.82) is 0 Å². The number of hydrogen-bond acceptors (Lipinski definition) is 6. The number of Topliss-reactive ketones (excluding diaryl/α,β-unsaturated/α-hetero) is 2. The highest BCUT2D eigenvalue weighted by atomic mass is 16.5. The van der Waals surface area contributed by atoms with Crippen molar-refractivity contribution in [2.24, 2.45) is 0 Å². The van der Waals surface area contributed by atoms with Crippen molar-refractivity contribution in [2.75, 3.05) is 14.2 Å². The summed E-state index contributed by atoms with van der Waals surface area (Å²) >= 11 is 0. The summed E-state index contributed by atoms with van der Waals surface area (Å²) in [5, 5.41) is 0. The molecule has 0 aromatic heterocycles. The lowest BCUT2D eigenvalue weighted by Gasteiger charge is -2.19. The van der Waals surface area contributed by atoms with Crippen LogP contribution < -0.4 is 18.9 Å². The summed E-state index contributed by atoms with van der Waals surface area (Å²) < 4.78 is 23.4. The second-order valence-corrected chi connectivity index (χ2v) is 11.0. The molecule has 5 rings (SSSR count). The maximum atomic E-state index is 12.8. The molecule has 0 aliphatic heterocycles. The highest BCUT2D eigenvalue weighted by molar-refractivity contribution is 6.00. The number of carbonyl (C=O) groups excluding carboxylic acids is 2. The Balaban J connectivity index is 1.24. The van der Waals surface area contributed by atoms with Crippen LogP contribution in [0.5, 0.6) is 23.0 Å². The minimum absolute atomic E-state index is 0.0746. The predicted octanol–water partition coefficient (Wildman–Crippen LogP) is 8.06. The fourth-order valence-electron chi connectivity index (χ4n) is 5.82. The van der Waals surface area contributed by atoms with E-state index in [9.17, 15) is 9.59 Å². The van der Waals surface area contributed by atoms with E-state index in [2.05, 4.69) is 12.1 Å². The molecule has 0 N–H and O–H groups in total. The van der Waals surface area contributed by atoms with Gasteiger partial charge < -0.3 is 18.9 Å². The van der Waals surface area contributed by atoms with Crippen LogP contribution in [0.1, 0.15) is 76.8 Å². The average molecular weight is 579 g/mol. The van der Waals surface area contributed by atoms with E-state index in [4.69, 9.17) is 18.9 Å². The van der Waals surface area contributed by atoms with Crippen molar-refractivity contribution < 1.29 is 28.5 Å². The Morgan fingerprint density at radius 1 is 0.581 bits per heavy atom. The third kappa shape index (κ3) is 6.91. The summed E-state index contributed by atoms with van der Waals surface area (Å²) in [5.41, 5.74) is 3.62. The molecule has 0 saturated heterocycles. The van der Waals surface area contributed by atoms with Crippen LogP contribution in [0, 0.1) is 0 Å². The van der Waals surface area contributed by atoms with Gasteiger partial charge in [0.15, 0.2) is 35.2 Å². The summed E-state index contributed by atoms with van der Waals surface area (Å²) in [6.07, 6.45) is 1.79. The van der Waals surface area contributed by atoms with Gasteiger partial charge in [0, 0.05) is 11.1 Å². The van der Waals surface area contributed by atoms with Crippen LogP contribution in [0.3, 0.4) is 0 Å². The van der Waals surface area contributed by atoms with Crippen molar-refractivity contribution in [3.63, 3.8) is 0 Å². The molecule has 1 fully saturated rings. The molecule has 222 valence electrons. The van der Waals surface area contributed by atoms with Gasteiger partial charge in [-0.1, -0.05) is 72.8 Å². The Morgan fingerprint density at radius 2 is 0.977 bits per heavy atom. The zero-order chi connectivity index (χ0) is 30.3. The lowest BCUT2D eigenvalue weighted by Crippen LogP contribution is -2.24. The number of carbonyl (C=O) groups is 2. The van der Waals surface area contributed by atoms with Crippen molar-refractivity contribution in [2.45, 2.75) is 57.2 Å². The van der Waals surface area contributed by atoms with Gasteiger partial charge in [-0.05, 0) is 80.3 Å². The van der Waals surface area contributed by atoms with Crippen LogP contribution in [-0.4, -0.2) is 38.0 Å². The predicted molar refractivity (Wildman–Crippen MR) is 167 cm³/mol. The molecule has 6 heteroatoms. The number of benzene rings is 4. The maximum absolute atomic E-state index is 12.8. The van der Waals surface area contributed by atoms with E-state index in [-0.39, 0.29) is 11.6 Å². The van der Waals surface area contributed by atoms with Gasteiger partial charge in [0.1, 0.15) is 0 Å². The molecule has 43 heavy (non-hydrogen) atoms. The quantitative estimate of drug-likeness (QED) is 0.158. The van der Waals surface area contributed by atoms with Crippen molar-refractivity contribution in [1.82, 2.24) is 0 Å². The van der Waals surface area contributed by atoms with Crippen molar-refractivity contribution >= 4 is 11.6 Å². The first-order chi connectivity index (χ1) is 20.9. The molecule has 1 aliphatic rings. The van der Waals surface area contributed by atoms with E-state index in [0.29, 0.717) is 46.0 Å². The summed E-state index contributed by atoms with van der Waals surface area (Å²) in [6.45, 7) is 3.52. The molecule has 4 aromatic carbocycles. The number of methoxy groups -OCH3 is 2. The van der Waals surface area contributed by atoms with Crippen LogP contribution in [-0.2, 0) is 0 Å². The van der Waals surface area contributed by atoms with Crippen LogP contribution in [0.2, 0.25) is 0 Å². The van der Waals surface area contributed by atoms with E-state index in [0.717, 1.165) is 19.3 Å². The minimum atomic E-state index is -0.639. The first kappa shape index (κ1) is 29.9. The Morgan fingerprint density at radius 3 is 1.35 bits per heavy atom. The molecule has 0 amide bonds. The van der Waals surface area contributed by atoms with Gasteiger partial charge in [-0.15, -0.1) is 0 Å². The zero-order valence-corrected chi connectivity index (χ0v) is 25.1. The van der Waals surface area contributed by atoms with E-state index < -0.39 is 12.2 Å². The SMILES string of the molecule is COc1cc([C@@H]2CC[C@H](c3ccc(O[C@H](C)C(=O)c4ccccc4)c(OC)c3)C2)ccc1O[C@H](C)C(=O)c1ccccc1. The maximum Gasteiger partial charge on any atom is 0.202 e. The zero-order valence-electron chi connectivity index (χ0n) is 25.1. The Bertz CT molecular complexity index is 1430. The van der Waals surface area contributed by atoms with Gasteiger partial charge >= 0.3 is 0 Å². The second-order valence-electron chi connectivity index (χ2n) is 11.0.